The van der Waals surface area contributed by atoms with E-state index >= 15 is 0 Å². The SMILES string of the molecule is CC1=C(Cl)C(=O)N(c2cc(C(C)(C)F)on2)C1O. The molecule has 1 aromatic heterocycles. The summed E-state index contributed by atoms with van der Waals surface area (Å²) in [6, 6.07) is 1.27. The molecule has 1 N–H and O–H groups in total. The Bertz CT molecular complexity index is 533. The van der Waals surface area contributed by atoms with Crippen LogP contribution in [-0.4, -0.2) is 22.4 Å². The lowest BCUT2D eigenvalue weighted by Gasteiger charge is -2.17. The molecule has 98 valence electrons. The van der Waals surface area contributed by atoms with Crippen LogP contribution >= 0.6 is 11.6 Å². The zero-order chi connectivity index (χ0) is 13.7. The fraction of sp³-hybridized carbons (Fsp3) is 0.455. The van der Waals surface area contributed by atoms with Crippen LogP contribution in [0.3, 0.4) is 0 Å². The molecular formula is C11H12ClFN2O3. The van der Waals surface area contributed by atoms with Gasteiger partial charge in [0.05, 0.1) is 0 Å². The highest BCUT2D eigenvalue weighted by Gasteiger charge is 2.38. The van der Waals surface area contributed by atoms with Gasteiger partial charge in [0.25, 0.3) is 5.91 Å². The second-order valence-corrected chi connectivity index (χ2v) is 4.95. The van der Waals surface area contributed by atoms with Crippen molar-refractivity contribution in [3.63, 3.8) is 0 Å². The number of nitrogens with zero attached hydrogens (tertiary/aromatic N) is 2. The largest absolute Gasteiger partial charge is 0.369 e. The quantitative estimate of drug-likeness (QED) is 0.896. The molecule has 0 radical (unpaired) electrons. The van der Waals surface area contributed by atoms with Crippen molar-refractivity contribution in [1.82, 2.24) is 5.16 Å². The van der Waals surface area contributed by atoms with Gasteiger partial charge in [0.2, 0.25) is 0 Å². The molecular weight excluding hydrogens is 263 g/mol. The van der Waals surface area contributed by atoms with E-state index in [9.17, 15) is 14.3 Å². The third-order valence-corrected chi connectivity index (χ3v) is 3.17. The van der Waals surface area contributed by atoms with Crippen LogP contribution in [0.5, 0.6) is 0 Å². The first kappa shape index (κ1) is 13.0. The van der Waals surface area contributed by atoms with Crippen molar-refractivity contribution in [2.45, 2.75) is 32.7 Å². The van der Waals surface area contributed by atoms with Crippen LogP contribution in [0, 0.1) is 0 Å². The molecule has 1 unspecified atom stereocenters. The topological polar surface area (TPSA) is 66.6 Å². The summed E-state index contributed by atoms with van der Waals surface area (Å²) in [4.78, 5) is 12.7. The first-order chi connectivity index (χ1) is 8.23. The predicted molar refractivity (Wildman–Crippen MR) is 62.7 cm³/mol. The van der Waals surface area contributed by atoms with Gasteiger partial charge < -0.3 is 9.63 Å². The fourth-order valence-corrected chi connectivity index (χ4v) is 1.77. The molecule has 2 heterocycles. The van der Waals surface area contributed by atoms with Gasteiger partial charge in [-0.25, -0.2) is 4.39 Å². The summed E-state index contributed by atoms with van der Waals surface area (Å²) < 4.78 is 18.4. The van der Waals surface area contributed by atoms with Crippen molar-refractivity contribution in [3.8, 4) is 0 Å². The van der Waals surface area contributed by atoms with E-state index in [0.29, 0.717) is 5.57 Å². The van der Waals surface area contributed by atoms with Crippen LogP contribution < -0.4 is 4.90 Å². The molecule has 5 nitrogen and oxygen atoms in total. The van der Waals surface area contributed by atoms with Gasteiger partial charge in [-0.1, -0.05) is 16.8 Å². The minimum Gasteiger partial charge on any atom is -0.369 e. The highest BCUT2D eigenvalue weighted by atomic mass is 35.5. The molecule has 1 aliphatic heterocycles. The minimum absolute atomic E-state index is 0.0295. The highest BCUT2D eigenvalue weighted by Crippen LogP contribution is 2.34. The standard InChI is InChI=1S/C11H12ClFN2O3/c1-5-8(12)10(17)15(9(5)16)7-4-6(18-14-7)11(2,3)13/h4,9,16H,1-3H3. The van der Waals surface area contributed by atoms with Gasteiger partial charge >= 0.3 is 0 Å². The summed E-state index contributed by atoms with van der Waals surface area (Å²) in [5, 5.41) is 13.4. The van der Waals surface area contributed by atoms with Crippen LogP contribution in [0.2, 0.25) is 0 Å². The average molecular weight is 275 g/mol. The molecule has 7 heteroatoms. The summed E-state index contributed by atoms with van der Waals surface area (Å²) in [6.07, 6.45) is -1.20. The number of aliphatic hydroxyl groups is 1. The van der Waals surface area contributed by atoms with Crippen molar-refractivity contribution in [3.05, 3.63) is 22.4 Å². The van der Waals surface area contributed by atoms with Crippen LogP contribution in [0.15, 0.2) is 21.2 Å². The van der Waals surface area contributed by atoms with E-state index < -0.39 is 17.8 Å². The smallest absolute Gasteiger partial charge is 0.273 e. The lowest BCUT2D eigenvalue weighted by atomic mass is 10.1. The monoisotopic (exact) mass is 274 g/mol. The van der Waals surface area contributed by atoms with Gasteiger partial charge in [-0.2, -0.15) is 0 Å². The summed E-state index contributed by atoms with van der Waals surface area (Å²) >= 11 is 5.75. The Kier molecular flexibility index (Phi) is 2.95. The maximum absolute atomic E-state index is 13.6. The second kappa shape index (κ2) is 4.07. The van der Waals surface area contributed by atoms with Crippen LogP contribution in [0.1, 0.15) is 26.5 Å². The average Bonchev–Trinajstić information content (AvgIpc) is 2.81. The Morgan fingerprint density at radius 1 is 1.61 bits per heavy atom. The summed E-state index contributed by atoms with van der Waals surface area (Å²) in [5.41, 5.74) is -1.39. The molecule has 0 spiro atoms. The number of rotatable bonds is 2. The minimum atomic E-state index is -1.72. The summed E-state index contributed by atoms with van der Waals surface area (Å²) in [6.45, 7) is 4.14. The molecule has 1 atom stereocenters. The molecule has 18 heavy (non-hydrogen) atoms. The van der Waals surface area contributed by atoms with Crippen LogP contribution in [-0.2, 0) is 10.5 Å². The number of anilines is 1. The van der Waals surface area contributed by atoms with Gasteiger partial charge in [0, 0.05) is 11.6 Å². The van der Waals surface area contributed by atoms with Gasteiger partial charge in [0.1, 0.15) is 5.03 Å². The first-order valence-corrected chi connectivity index (χ1v) is 5.65. The third kappa shape index (κ3) is 1.91. The molecule has 1 amide bonds. The molecule has 0 saturated heterocycles. The molecule has 0 aliphatic carbocycles. The van der Waals surface area contributed by atoms with Crippen LogP contribution in [0.4, 0.5) is 10.2 Å². The molecule has 0 aromatic carbocycles. The van der Waals surface area contributed by atoms with Gasteiger partial charge in [-0.05, 0) is 20.8 Å². The van der Waals surface area contributed by atoms with Gasteiger partial charge in [-0.3, -0.25) is 9.69 Å². The van der Waals surface area contributed by atoms with E-state index in [0.717, 1.165) is 4.90 Å². The zero-order valence-electron chi connectivity index (χ0n) is 10.1. The van der Waals surface area contributed by atoms with Crippen LogP contribution in [0.25, 0.3) is 0 Å². The van der Waals surface area contributed by atoms with E-state index in [-0.39, 0.29) is 16.6 Å². The highest BCUT2D eigenvalue weighted by molar-refractivity contribution is 6.45. The van der Waals surface area contributed by atoms with E-state index in [1.54, 1.807) is 0 Å². The van der Waals surface area contributed by atoms with Gasteiger partial charge in [0.15, 0.2) is 23.5 Å². The number of amides is 1. The number of carbonyl (C=O) groups excluding carboxylic acids is 1. The van der Waals surface area contributed by atoms with E-state index in [1.165, 1.54) is 26.8 Å². The number of aliphatic hydroxyl groups excluding tert-OH is 1. The van der Waals surface area contributed by atoms with Crippen molar-refractivity contribution >= 4 is 23.3 Å². The molecule has 0 fully saturated rings. The molecule has 1 aliphatic rings. The third-order valence-electron chi connectivity index (χ3n) is 2.72. The van der Waals surface area contributed by atoms with E-state index in [1.807, 2.05) is 0 Å². The Morgan fingerprint density at radius 3 is 2.61 bits per heavy atom. The number of aromatic nitrogens is 1. The Balaban J connectivity index is 2.35. The van der Waals surface area contributed by atoms with E-state index in [4.69, 9.17) is 16.1 Å². The van der Waals surface area contributed by atoms with Gasteiger partial charge in [-0.15, -0.1) is 0 Å². The van der Waals surface area contributed by atoms with Crippen molar-refractivity contribution in [2.24, 2.45) is 0 Å². The summed E-state index contributed by atoms with van der Waals surface area (Å²) in [7, 11) is 0. The Labute approximate surface area is 108 Å². The first-order valence-electron chi connectivity index (χ1n) is 5.27. The molecule has 1 aromatic rings. The van der Waals surface area contributed by atoms with Crippen molar-refractivity contribution in [2.75, 3.05) is 4.90 Å². The maximum Gasteiger partial charge on any atom is 0.273 e. The lowest BCUT2D eigenvalue weighted by molar-refractivity contribution is -0.115. The van der Waals surface area contributed by atoms with Crippen molar-refractivity contribution in [1.29, 1.82) is 0 Å². The molecule has 0 bridgehead atoms. The lowest BCUT2D eigenvalue weighted by Crippen LogP contribution is -2.35. The molecule has 0 saturated carbocycles. The van der Waals surface area contributed by atoms with E-state index in [2.05, 4.69) is 5.16 Å². The number of hydrogen-bond acceptors (Lipinski definition) is 4. The second-order valence-electron chi connectivity index (χ2n) is 4.57. The number of hydrogen-bond donors (Lipinski definition) is 1. The summed E-state index contributed by atoms with van der Waals surface area (Å²) in [5.74, 6) is -0.584. The Hall–Kier alpha value is -1.40. The normalized spacial score (nSPS) is 21.1. The maximum atomic E-state index is 13.6. The number of alkyl halides is 1. The zero-order valence-corrected chi connectivity index (χ0v) is 10.8. The number of halogens is 2. The molecule has 2 rings (SSSR count). The predicted octanol–water partition coefficient (Wildman–Crippen LogP) is 2.06. The van der Waals surface area contributed by atoms with Crippen molar-refractivity contribution < 1.29 is 18.8 Å². The fourth-order valence-electron chi connectivity index (χ4n) is 1.58. The number of carbonyl (C=O) groups is 1. The Morgan fingerprint density at radius 2 is 2.22 bits per heavy atom.